The van der Waals surface area contributed by atoms with Crippen molar-refractivity contribution in [1.82, 2.24) is 5.32 Å². The summed E-state index contributed by atoms with van der Waals surface area (Å²) in [7, 11) is 1.92. The number of likely N-dealkylation sites (N-methyl/N-ethyl adjacent to an activating group) is 1. The van der Waals surface area contributed by atoms with Crippen LogP contribution < -0.4 is 10.1 Å². The Kier molecular flexibility index (Phi) is 5.76. The fraction of sp³-hybridized carbons (Fsp3) is 0.333. The molecule has 0 heterocycles. The second-order valence-corrected chi connectivity index (χ2v) is 5.09. The first-order valence-electron chi connectivity index (χ1n) is 7.37. The maximum atomic E-state index is 13.3. The Balaban J connectivity index is 2.06. The van der Waals surface area contributed by atoms with E-state index >= 15 is 0 Å². The van der Waals surface area contributed by atoms with Gasteiger partial charge in [-0.1, -0.05) is 31.2 Å². The lowest BCUT2D eigenvalue weighted by Crippen LogP contribution is -2.18. The monoisotopic (exact) mass is 287 g/mol. The van der Waals surface area contributed by atoms with Crippen LogP contribution in [-0.2, 0) is 6.42 Å². The van der Waals surface area contributed by atoms with Gasteiger partial charge in [-0.15, -0.1) is 0 Å². The summed E-state index contributed by atoms with van der Waals surface area (Å²) in [5, 5.41) is 3.29. The highest BCUT2D eigenvalue weighted by molar-refractivity contribution is 5.30. The lowest BCUT2D eigenvalue weighted by molar-refractivity contribution is 0.317. The third-order valence-corrected chi connectivity index (χ3v) is 3.43. The zero-order valence-electron chi connectivity index (χ0n) is 12.6. The molecule has 21 heavy (non-hydrogen) atoms. The van der Waals surface area contributed by atoms with Crippen molar-refractivity contribution in [3.8, 4) is 5.75 Å². The van der Waals surface area contributed by atoms with E-state index in [0.29, 0.717) is 0 Å². The number of hydrogen-bond acceptors (Lipinski definition) is 2. The number of rotatable bonds is 7. The van der Waals surface area contributed by atoms with Gasteiger partial charge in [-0.2, -0.15) is 0 Å². The van der Waals surface area contributed by atoms with Crippen LogP contribution in [0.3, 0.4) is 0 Å². The molecule has 0 fully saturated rings. The van der Waals surface area contributed by atoms with Crippen LogP contribution in [0.1, 0.15) is 30.5 Å². The first-order valence-corrected chi connectivity index (χ1v) is 7.37. The minimum Gasteiger partial charge on any atom is -0.494 e. The average molecular weight is 287 g/mol. The van der Waals surface area contributed by atoms with E-state index in [9.17, 15) is 4.39 Å². The topological polar surface area (TPSA) is 21.3 Å². The highest BCUT2D eigenvalue weighted by atomic mass is 19.1. The molecule has 0 aromatic heterocycles. The molecule has 2 nitrogen and oxygen atoms in total. The molecule has 0 saturated heterocycles. The summed E-state index contributed by atoms with van der Waals surface area (Å²) in [6.07, 6.45) is 1.75. The van der Waals surface area contributed by atoms with Crippen molar-refractivity contribution >= 4 is 0 Å². The van der Waals surface area contributed by atoms with Gasteiger partial charge in [0.25, 0.3) is 0 Å². The Labute approximate surface area is 126 Å². The maximum Gasteiger partial charge on any atom is 0.123 e. The fourth-order valence-electron chi connectivity index (χ4n) is 2.30. The van der Waals surface area contributed by atoms with Crippen LogP contribution >= 0.6 is 0 Å². The molecule has 1 N–H and O–H groups in total. The van der Waals surface area contributed by atoms with Crippen LogP contribution in [0.25, 0.3) is 0 Å². The lowest BCUT2D eigenvalue weighted by Gasteiger charge is -2.17. The Morgan fingerprint density at radius 2 is 1.90 bits per heavy atom. The molecule has 0 aliphatic heterocycles. The number of hydrogen-bond donors (Lipinski definition) is 1. The second-order valence-electron chi connectivity index (χ2n) is 5.09. The van der Waals surface area contributed by atoms with Gasteiger partial charge in [0.15, 0.2) is 0 Å². The molecule has 2 aromatic rings. The summed E-state index contributed by atoms with van der Waals surface area (Å²) in [5.74, 6) is 0.701. The van der Waals surface area contributed by atoms with Gasteiger partial charge in [-0.05, 0) is 55.3 Å². The van der Waals surface area contributed by atoms with E-state index in [1.165, 1.54) is 11.6 Å². The highest BCUT2D eigenvalue weighted by Gasteiger charge is 2.10. The average Bonchev–Trinajstić information content (AvgIpc) is 2.51. The summed E-state index contributed by atoms with van der Waals surface area (Å²) >= 11 is 0. The van der Waals surface area contributed by atoms with Gasteiger partial charge < -0.3 is 10.1 Å². The van der Waals surface area contributed by atoms with Crippen molar-refractivity contribution in [3.63, 3.8) is 0 Å². The van der Waals surface area contributed by atoms with Crippen LogP contribution in [0.5, 0.6) is 5.75 Å². The molecule has 3 heteroatoms. The maximum absolute atomic E-state index is 13.3. The Bertz CT molecular complexity index is 553. The minimum absolute atomic E-state index is 0.159. The van der Waals surface area contributed by atoms with Crippen LogP contribution in [0, 0.1) is 5.82 Å². The van der Waals surface area contributed by atoms with Crippen molar-refractivity contribution in [2.75, 3.05) is 13.7 Å². The van der Waals surface area contributed by atoms with E-state index in [1.807, 2.05) is 25.2 Å². The molecule has 0 aliphatic rings. The van der Waals surface area contributed by atoms with Crippen LogP contribution in [0.15, 0.2) is 48.5 Å². The zero-order valence-corrected chi connectivity index (χ0v) is 12.6. The van der Waals surface area contributed by atoms with E-state index in [0.717, 1.165) is 30.8 Å². The van der Waals surface area contributed by atoms with Crippen LogP contribution in [0.4, 0.5) is 4.39 Å². The number of nitrogens with one attached hydrogen (secondary N) is 1. The van der Waals surface area contributed by atoms with Gasteiger partial charge in [0.1, 0.15) is 11.6 Å². The third kappa shape index (κ3) is 4.57. The molecule has 2 aromatic carbocycles. The molecule has 2 rings (SSSR count). The molecular weight excluding hydrogens is 265 g/mol. The van der Waals surface area contributed by atoms with Gasteiger partial charge >= 0.3 is 0 Å². The molecule has 0 saturated carbocycles. The highest BCUT2D eigenvalue weighted by Crippen LogP contribution is 2.21. The molecule has 1 atom stereocenters. The summed E-state index contributed by atoms with van der Waals surface area (Å²) in [6, 6.07) is 15.0. The molecule has 0 aliphatic carbocycles. The Morgan fingerprint density at radius 1 is 1.14 bits per heavy atom. The van der Waals surface area contributed by atoms with E-state index in [-0.39, 0.29) is 11.9 Å². The number of halogens is 1. The van der Waals surface area contributed by atoms with Gasteiger partial charge in [0.2, 0.25) is 0 Å². The number of ether oxygens (including phenoxy) is 1. The molecule has 0 amide bonds. The third-order valence-electron chi connectivity index (χ3n) is 3.43. The van der Waals surface area contributed by atoms with E-state index in [2.05, 4.69) is 24.4 Å². The summed E-state index contributed by atoms with van der Waals surface area (Å²) in [6.45, 7) is 2.82. The fourth-order valence-corrected chi connectivity index (χ4v) is 2.30. The largest absolute Gasteiger partial charge is 0.494 e. The summed E-state index contributed by atoms with van der Waals surface area (Å²) < 4.78 is 18.8. The van der Waals surface area contributed by atoms with E-state index in [1.54, 1.807) is 12.1 Å². The van der Waals surface area contributed by atoms with Crippen LogP contribution in [-0.4, -0.2) is 13.7 Å². The first-order chi connectivity index (χ1) is 10.2. The molecular formula is C18H22FNO. The van der Waals surface area contributed by atoms with E-state index < -0.39 is 0 Å². The first kappa shape index (κ1) is 15.5. The quantitative estimate of drug-likeness (QED) is 0.827. The predicted octanol–water partition coefficient (Wildman–Crippen LogP) is 4.12. The molecule has 0 bridgehead atoms. The minimum atomic E-state index is -0.189. The zero-order chi connectivity index (χ0) is 15.1. The van der Waals surface area contributed by atoms with Gasteiger partial charge in [-0.3, -0.25) is 0 Å². The smallest absolute Gasteiger partial charge is 0.123 e. The SMILES string of the molecule is CCCOc1ccc(C(Cc2cccc(F)c2)NC)cc1. The Morgan fingerprint density at radius 3 is 2.52 bits per heavy atom. The second kappa shape index (κ2) is 7.79. The van der Waals surface area contributed by atoms with Crippen molar-refractivity contribution in [3.05, 3.63) is 65.5 Å². The van der Waals surface area contributed by atoms with Gasteiger partial charge in [0, 0.05) is 6.04 Å². The lowest BCUT2D eigenvalue weighted by atomic mass is 9.99. The summed E-state index contributed by atoms with van der Waals surface area (Å²) in [4.78, 5) is 0. The van der Waals surface area contributed by atoms with Crippen molar-refractivity contribution in [2.45, 2.75) is 25.8 Å². The molecule has 0 spiro atoms. The van der Waals surface area contributed by atoms with Gasteiger partial charge in [0.05, 0.1) is 6.61 Å². The van der Waals surface area contributed by atoms with Crippen molar-refractivity contribution in [1.29, 1.82) is 0 Å². The van der Waals surface area contributed by atoms with Crippen molar-refractivity contribution < 1.29 is 9.13 Å². The van der Waals surface area contributed by atoms with Crippen LogP contribution in [0.2, 0.25) is 0 Å². The molecule has 112 valence electrons. The predicted molar refractivity (Wildman–Crippen MR) is 84.1 cm³/mol. The normalized spacial score (nSPS) is 12.1. The standard InChI is InChI=1S/C18H22FNO/c1-3-11-21-17-9-7-15(8-10-17)18(20-2)13-14-5-4-6-16(19)12-14/h4-10,12,18,20H,3,11,13H2,1-2H3. The molecule has 0 radical (unpaired) electrons. The van der Waals surface area contributed by atoms with Crippen molar-refractivity contribution in [2.24, 2.45) is 0 Å². The van der Waals surface area contributed by atoms with E-state index in [4.69, 9.17) is 4.74 Å². The summed E-state index contributed by atoms with van der Waals surface area (Å²) in [5.41, 5.74) is 2.16. The Hall–Kier alpha value is -1.87. The van der Waals surface area contributed by atoms with Gasteiger partial charge in [-0.25, -0.2) is 4.39 Å². The molecule has 1 unspecified atom stereocenters. The number of benzene rings is 2.